The Bertz CT molecular complexity index is 779. The zero-order valence-corrected chi connectivity index (χ0v) is 14.9. The highest BCUT2D eigenvalue weighted by Crippen LogP contribution is 2.29. The number of hydrogen-bond acceptors (Lipinski definition) is 6. The number of anilines is 1. The van der Waals surface area contributed by atoms with Crippen molar-refractivity contribution in [2.75, 3.05) is 26.1 Å². The van der Waals surface area contributed by atoms with Crippen LogP contribution in [0.5, 0.6) is 11.5 Å². The molecule has 2 aromatic rings. The highest BCUT2D eigenvalue weighted by Gasteiger charge is 2.11. The van der Waals surface area contributed by atoms with Crippen LogP contribution in [0, 0.1) is 0 Å². The van der Waals surface area contributed by atoms with E-state index in [0.29, 0.717) is 28.4 Å². The van der Waals surface area contributed by atoms with Gasteiger partial charge in [-0.25, -0.2) is 4.79 Å². The van der Waals surface area contributed by atoms with Gasteiger partial charge in [-0.05, 0) is 31.2 Å². The number of aromatic nitrogens is 1. The molecule has 1 aromatic carbocycles. The van der Waals surface area contributed by atoms with Crippen LogP contribution in [0.1, 0.15) is 23.0 Å². The van der Waals surface area contributed by atoms with Crippen LogP contribution in [0.2, 0.25) is 0 Å². The fourth-order valence-corrected chi connectivity index (χ4v) is 2.18. The number of hydrogen-bond donors (Lipinski definition) is 2. The normalized spacial score (nSPS) is 9.96. The Labute approximate surface area is 151 Å². The number of rotatable bonds is 7. The van der Waals surface area contributed by atoms with Gasteiger partial charge in [0.2, 0.25) is 0 Å². The Kier molecular flexibility index (Phi) is 6.78. The van der Waals surface area contributed by atoms with Gasteiger partial charge in [-0.15, -0.1) is 0 Å². The van der Waals surface area contributed by atoms with Crippen molar-refractivity contribution in [2.24, 2.45) is 0 Å². The fraction of sp³-hybridized carbons (Fsp3) is 0.278. The topological polar surface area (TPSA) is 98.8 Å². The second kappa shape index (κ2) is 9.26. The number of methoxy groups -OCH3 is 2. The van der Waals surface area contributed by atoms with Crippen molar-refractivity contribution < 1.29 is 23.8 Å². The quantitative estimate of drug-likeness (QED) is 0.788. The zero-order valence-electron chi connectivity index (χ0n) is 14.9. The standard InChI is InChI=1S/C18H21N3O5/c1-4-26-18(23)20-11-14-9-12(7-8-19-14)17(22)21-13-5-6-15(24-2)16(10-13)25-3/h5-10H,4,11H2,1-3H3,(H,20,23)(H,21,22). The van der Waals surface area contributed by atoms with Crippen molar-refractivity contribution >= 4 is 17.7 Å². The van der Waals surface area contributed by atoms with Crippen LogP contribution in [0.15, 0.2) is 36.5 Å². The third-order valence-corrected chi connectivity index (χ3v) is 3.41. The van der Waals surface area contributed by atoms with E-state index in [9.17, 15) is 9.59 Å². The molecule has 0 saturated heterocycles. The first kappa shape index (κ1) is 19.0. The van der Waals surface area contributed by atoms with Gasteiger partial charge >= 0.3 is 6.09 Å². The van der Waals surface area contributed by atoms with E-state index in [-0.39, 0.29) is 19.1 Å². The number of amides is 2. The molecule has 26 heavy (non-hydrogen) atoms. The van der Waals surface area contributed by atoms with Crippen molar-refractivity contribution in [3.63, 3.8) is 0 Å². The molecule has 0 aliphatic rings. The molecule has 8 nitrogen and oxygen atoms in total. The maximum absolute atomic E-state index is 12.4. The zero-order chi connectivity index (χ0) is 18.9. The summed E-state index contributed by atoms with van der Waals surface area (Å²) in [5, 5.41) is 5.34. The van der Waals surface area contributed by atoms with E-state index in [1.54, 1.807) is 44.4 Å². The molecule has 0 aliphatic heterocycles. The first-order valence-electron chi connectivity index (χ1n) is 7.96. The summed E-state index contributed by atoms with van der Waals surface area (Å²) in [7, 11) is 3.06. The largest absolute Gasteiger partial charge is 0.493 e. The molecule has 2 N–H and O–H groups in total. The molecule has 1 aromatic heterocycles. The molecule has 0 atom stereocenters. The molecule has 2 rings (SSSR count). The maximum Gasteiger partial charge on any atom is 0.407 e. The molecular weight excluding hydrogens is 338 g/mol. The van der Waals surface area contributed by atoms with Crippen LogP contribution in [0.4, 0.5) is 10.5 Å². The van der Waals surface area contributed by atoms with E-state index in [2.05, 4.69) is 15.6 Å². The fourth-order valence-electron chi connectivity index (χ4n) is 2.18. The number of alkyl carbamates (subject to hydrolysis) is 1. The highest BCUT2D eigenvalue weighted by molar-refractivity contribution is 6.04. The molecule has 0 bridgehead atoms. The summed E-state index contributed by atoms with van der Waals surface area (Å²) in [6.45, 7) is 2.17. The second-order valence-electron chi connectivity index (χ2n) is 5.13. The minimum atomic E-state index is -0.533. The van der Waals surface area contributed by atoms with E-state index >= 15 is 0 Å². The lowest BCUT2D eigenvalue weighted by Gasteiger charge is -2.11. The Balaban J connectivity index is 2.05. The number of pyridine rings is 1. The van der Waals surface area contributed by atoms with Crippen molar-refractivity contribution in [1.29, 1.82) is 0 Å². The average Bonchev–Trinajstić information content (AvgIpc) is 2.66. The lowest BCUT2D eigenvalue weighted by atomic mass is 10.2. The van der Waals surface area contributed by atoms with Gasteiger partial charge in [0.15, 0.2) is 11.5 Å². The first-order chi connectivity index (χ1) is 12.6. The molecule has 0 spiro atoms. The third kappa shape index (κ3) is 5.10. The summed E-state index contributed by atoms with van der Waals surface area (Å²) in [4.78, 5) is 27.9. The number of carbonyl (C=O) groups excluding carboxylic acids is 2. The summed E-state index contributed by atoms with van der Waals surface area (Å²) in [6.07, 6.45) is 0.973. The monoisotopic (exact) mass is 359 g/mol. The predicted octanol–water partition coefficient (Wildman–Crippen LogP) is 2.60. The summed E-state index contributed by atoms with van der Waals surface area (Å²) in [5.41, 5.74) is 1.52. The van der Waals surface area contributed by atoms with Gasteiger partial charge in [0.1, 0.15) is 0 Å². The van der Waals surface area contributed by atoms with Gasteiger partial charge in [0.25, 0.3) is 5.91 Å². The molecule has 1 heterocycles. The van der Waals surface area contributed by atoms with E-state index < -0.39 is 6.09 Å². The SMILES string of the molecule is CCOC(=O)NCc1cc(C(=O)Nc2ccc(OC)c(OC)c2)ccn1. The molecule has 2 amide bonds. The number of carbonyl (C=O) groups is 2. The van der Waals surface area contributed by atoms with Gasteiger partial charge in [0, 0.05) is 23.5 Å². The third-order valence-electron chi connectivity index (χ3n) is 3.41. The lowest BCUT2D eigenvalue weighted by molar-refractivity contribution is 0.102. The molecule has 138 valence electrons. The first-order valence-corrected chi connectivity index (χ1v) is 7.96. The highest BCUT2D eigenvalue weighted by atomic mass is 16.5. The maximum atomic E-state index is 12.4. The summed E-state index contributed by atoms with van der Waals surface area (Å²) < 4.78 is 15.2. The van der Waals surface area contributed by atoms with Crippen molar-refractivity contribution in [1.82, 2.24) is 10.3 Å². The second-order valence-corrected chi connectivity index (χ2v) is 5.13. The van der Waals surface area contributed by atoms with Crippen LogP contribution < -0.4 is 20.1 Å². The summed E-state index contributed by atoms with van der Waals surface area (Å²) in [5.74, 6) is 0.776. The van der Waals surface area contributed by atoms with Crippen molar-refractivity contribution in [2.45, 2.75) is 13.5 Å². The lowest BCUT2D eigenvalue weighted by Crippen LogP contribution is -2.24. The van der Waals surface area contributed by atoms with Gasteiger partial charge in [-0.1, -0.05) is 0 Å². The van der Waals surface area contributed by atoms with Crippen LogP contribution in [0.25, 0.3) is 0 Å². The van der Waals surface area contributed by atoms with Gasteiger partial charge < -0.3 is 24.8 Å². The van der Waals surface area contributed by atoms with E-state index in [1.807, 2.05) is 0 Å². The van der Waals surface area contributed by atoms with E-state index in [0.717, 1.165) is 0 Å². The minimum absolute atomic E-state index is 0.163. The van der Waals surface area contributed by atoms with Crippen LogP contribution in [-0.4, -0.2) is 37.8 Å². The van der Waals surface area contributed by atoms with Gasteiger partial charge in [0.05, 0.1) is 33.1 Å². The van der Waals surface area contributed by atoms with Crippen molar-refractivity contribution in [3.8, 4) is 11.5 Å². The minimum Gasteiger partial charge on any atom is -0.493 e. The Morgan fingerprint density at radius 3 is 2.54 bits per heavy atom. The molecule has 0 radical (unpaired) electrons. The summed E-state index contributed by atoms with van der Waals surface area (Å²) in [6, 6.07) is 8.27. The Morgan fingerprint density at radius 2 is 1.85 bits per heavy atom. The molecule has 0 fully saturated rings. The number of nitrogens with one attached hydrogen (secondary N) is 2. The van der Waals surface area contributed by atoms with Gasteiger partial charge in [-0.2, -0.15) is 0 Å². The molecular formula is C18H21N3O5. The molecule has 0 aliphatic carbocycles. The van der Waals surface area contributed by atoms with E-state index in [4.69, 9.17) is 14.2 Å². The molecule has 8 heteroatoms. The number of nitrogens with zero attached hydrogens (tertiary/aromatic N) is 1. The summed E-state index contributed by atoms with van der Waals surface area (Å²) >= 11 is 0. The van der Waals surface area contributed by atoms with Crippen LogP contribution in [-0.2, 0) is 11.3 Å². The number of benzene rings is 1. The average molecular weight is 359 g/mol. The molecule has 0 unspecified atom stereocenters. The smallest absolute Gasteiger partial charge is 0.407 e. The van der Waals surface area contributed by atoms with Crippen LogP contribution in [0.3, 0.4) is 0 Å². The van der Waals surface area contributed by atoms with Crippen molar-refractivity contribution in [3.05, 3.63) is 47.8 Å². The van der Waals surface area contributed by atoms with Gasteiger partial charge in [-0.3, -0.25) is 9.78 Å². The Hall–Kier alpha value is -3.29. The Morgan fingerprint density at radius 1 is 1.08 bits per heavy atom. The molecule has 0 saturated carbocycles. The number of ether oxygens (including phenoxy) is 3. The van der Waals surface area contributed by atoms with E-state index in [1.165, 1.54) is 13.3 Å². The van der Waals surface area contributed by atoms with Crippen LogP contribution >= 0.6 is 0 Å². The predicted molar refractivity (Wildman–Crippen MR) is 95.6 cm³/mol.